The van der Waals surface area contributed by atoms with Crippen molar-refractivity contribution in [2.24, 2.45) is 0 Å². The van der Waals surface area contributed by atoms with Crippen molar-refractivity contribution in [3.63, 3.8) is 0 Å². The van der Waals surface area contributed by atoms with Crippen molar-refractivity contribution in [2.75, 3.05) is 6.54 Å². The third kappa shape index (κ3) is 5.59. The maximum absolute atomic E-state index is 13.1. The molecule has 168 valence electrons. The third-order valence-corrected chi connectivity index (χ3v) is 5.88. The summed E-state index contributed by atoms with van der Waals surface area (Å²) in [7, 11) is 0. The van der Waals surface area contributed by atoms with Crippen LogP contribution < -0.4 is 5.32 Å². The second kappa shape index (κ2) is 10.5. The minimum atomic E-state index is -0.316. The van der Waals surface area contributed by atoms with Crippen LogP contribution in [0.3, 0.4) is 0 Å². The van der Waals surface area contributed by atoms with E-state index in [2.05, 4.69) is 39.4 Å². The van der Waals surface area contributed by atoms with E-state index in [1.807, 2.05) is 12.1 Å². The first-order valence-electron chi connectivity index (χ1n) is 11.3. The highest BCUT2D eigenvalue weighted by Crippen LogP contribution is 2.25. The van der Waals surface area contributed by atoms with Gasteiger partial charge in [-0.3, -0.25) is 9.69 Å². The quantitative estimate of drug-likeness (QED) is 0.552. The molecule has 0 aliphatic carbocycles. The zero-order chi connectivity index (χ0) is 22.3. The van der Waals surface area contributed by atoms with Gasteiger partial charge in [-0.05, 0) is 48.1 Å². The van der Waals surface area contributed by atoms with E-state index in [-0.39, 0.29) is 17.8 Å². The van der Waals surface area contributed by atoms with Crippen molar-refractivity contribution in [1.29, 1.82) is 0 Å². The van der Waals surface area contributed by atoms with Crippen LogP contribution in [0.5, 0.6) is 0 Å². The van der Waals surface area contributed by atoms with Gasteiger partial charge in [0.25, 0.3) is 0 Å². The van der Waals surface area contributed by atoms with E-state index >= 15 is 0 Å². The van der Waals surface area contributed by atoms with Gasteiger partial charge < -0.3 is 9.84 Å². The maximum Gasteiger partial charge on any atom is 0.240 e. The molecule has 3 aromatic rings. The molecule has 32 heavy (non-hydrogen) atoms. The summed E-state index contributed by atoms with van der Waals surface area (Å²) in [6, 6.07) is 14.3. The Labute approximate surface area is 187 Å². The van der Waals surface area contributed by atoms with E-state index in [0.29, 0.717) is 38.4 Å². The molecular formula is C25H29FN4O2. The number of hydrogen-bond donors (Lipinski definition) is 1. The lowest BCUT2D eigenvalue weighted by molar-refractivity contribution is -0.127. The zero-order valence-electron chi connectivity index (χ0n) is 18.4. The fraction of sp³-hybridized carbons (Fsp3) is 0.400. The lowest BCUT2D eigenvalue weighted by Crippen LogP contribution is -2.50. The molecular weight excluding hydrogens is 407 g/mol. The largest absolute Gasteiger partial charge is 0.354 e. The molecule has 0 saturated carbocycles. The smallest absolute Gasteiger partial charge is 0.240 e. The monoisotopic (exact) mass is 436 g/mol. The Bertz CT molecular complexity index is 1030. The minimum absolute atomic E-state index is 0.0210. The third-order valence-electron chi connectivity index (χ3n) is 5.88. The number of rotatable bonds is 9. The Balaban J connectivity index is 1.42. The molecule has 0 radical (unpaired) electrons. The lowest BCUT2D eigenvalue weighted by atomic mass is 9.93. The number of carbonyl (C=O) groups excluding carboxylic acids is 1. The van der Waals surface area contributed by atoms with Gasteiger partial charge in [-0.1, -0.05) is 54.9 Å². The minimum Gasteiger partial charge on any atom is -0.354 e. The number of nitrogens with one attached hydrogen (secondary N) is 1. The molecule has 0 fully saturated rings. The highest BCUT2D eigenvalue weighted by atomic mass is 19.1. The first-order chi connectivity index (χ1) is 15.6. The summed E-state index contributed by atoms with van der Waals surface area (Å²) in [4.78, 5) is 19.7. The molecule has 1 amide bonds. The second-order valence-electron chi connectivity index (χ2n) is 8.27. The summed E-state index contributed by atoms with van der Waals surface area (Å²) in [5.41, 5.74) is 3.40. The first-order valence-corrected chi connectivity index (χ1v) is 11.3. The molecule has 2 aromatic carbocycles. The van der Waals surface area contributed by atoms with Gasteiger partial charge in [-0.2, -0.15) is 4.98 Å². The van der Waals surface area contributed by atoms with E-state index in [1.165, 1.54) is 23.3 Å². The highest BCUT2D eigenvalue weighted by molar-refractivity contribution is 5.82. The summed E-state index contributed by atoms with van der Waals surface area (Å²) >= 11 is 0. The van der Waals surface area contributed by atoms with Crippen molar-refractivity contribution < 1.29 is 13.7 Å². The Morgan fingerprint density at radius 1 is 1.16 bits per heavy atom. The number of carbonyl (C=O) groups is 1. The molecule has 1 aliphatic heterocycles. The first kappa shape index (κ1) is 22.1. The predicted molar refractivity (Wildman–Crippen MR) is 119 cm³/mol. The lowest BCUT2D eigenvalue weighted by Gasteiger charge is -2.35. The SMILES string of the molecule is CCCCc1noc(CN2Cc3ccccc3C[C@H]2C(=O)NCCc2ccc(F)cc2)n1. The molecule has 4 rings (SSSR count). The van der Waals surface area contributed by atoms with Crippen LogP contribution >= 0.6 is 0 Å². The number of fused-ring (bicyclic) bond motifs is 1. The fourth-order valence-electron chi connectivity index (χ4n) is 4.07. The molecule has 1 N–H and O–H groups in total. The van der Waals surface area contributed by atoms with E-state index in [0.717, 1.165) is 30.7 Å². The predicted octanol–water partition coefficient (Wildman–Crippen LogP) is 3.84. The number of hydrogen-bond acceptors (Lipinski definition) is 5. The van der Waals surface area contributed by atoms with Crippen LogP contribution in [0.15, 0.2) is 53.1 Å². The van der Waals surface area contributed by atoms with Crippen molar-refractivity contribution in [1.82, 2.24) is 20.4 Å². The summed E-state index contributed by atoms with van der Waals surface area (Å²) in [6.45, 7) is 3.71. The van der Waals surface area contributed by atoms with E-state index in [9.17, 15) is 9.18 Å². The Morgan fingerprint density at radius 2 is 1.94 bits per heavy atom. The Hall–Kier alpha value is -3.06. The van der Waals surface area contributed by atoms with Gasteiger partial charge in [0.1, 0.15) is 5.82 Å². The number of unbranched alkanes of at least 4 members (excludes halogenated alkanes) is 1. The topological polar surface area (TPSA) is 71.3 Å². The van der Waals surface area contributed by atoms with E-state index in [4.69, 9.17) is 4.52 Å². The highest BCUT2D eigenvalue weighted by Gasteiger charge is 2.32. The van der Waals surface area contributed by atoms with Gasteiger partial charge >= 0.3 is 0 Å². The molecule has 0 spiro atoms. The number of aryl methyl sites for hydroxylation is 1. The van der Waals surface area contributed by atoms with Crippen LogP contribution in [0.4, 0.5) is 4.39 Å². The van der Waals surface area contributed by atoms with Gasteiger partial charge in [0, 0.05) is 19.5 Å². The summed E-state index contributed by atoms with van der Waals surface area (Å²) < 4.78 is 18.6. The fourth-order valence-corrected chi connectivity index (χ4v) is 4.07. The van der Waals surface area contributed by atoms with Crippen LogP contribution in [0.1, 0.15) is 48.2 Å². The molecule has 0 unspecified atom stereocenters. The van der Waals surface area contributed by atoms with Crippen LogP contribution in [-0.4, -0.2) is 33.5 Å². The van der Waals surface area contributed by atoms with Gasteiger partial charge in [0.15, 0.2) is 5.82 Å². The van der Waals surface area contributed by atoms with Crippen molar-refractivity contribution >= 4 is 5.91 Å². The molecule has 1 aromatic heterocycles. The average Bonchev–Trinajstić information content (AvgIpc) is 3.25. The van der Waals surface area contributed by atoms with Crippen molar-refractivity contribution in [3.05, 3.63) is 82.8 Å². The number of aromatic nitrogens is 2. The number of halogens is 1. The van der Waals surface area contributed by atoms with Gasteiger partial charge in [0.05, 0.1) is 12.6 Å². The average molecular weight is 437 g/mol. The Morgan fingerprint density at radius 3 is 2.72 bits per heavy atom. The standard InChI is InChI=1S/C25H29FN4O2/c1-2-3-8-23-28-24(32-29-23)17-30-16-20-7-5-4-6-19(20)15-22(30)25(31)27-14-13-18-9-11-21(26)12-10-18/h4-7,9-12,22H,2-3,8,13-17H2,1H3,(H,27,31)/t22-/m0/s1. The van der Waals surface area contributed by atoms with E-state index in [1.54, 1.807) is 12.1 Å². The molecule has 7 heteroatoms. The normalized spacial score (nSPS) is 16.0. The van der Waals surface area contributed by atoms with Crippen LogP contribution in [0.2, 0.25) is 0 Å². The van der Waals surface area contributed by atoms with Gasteiger partial charge in [0.2, 0.25) is 11.8 Å². The molecule has 1 aliphatic rings. The molecule has 1 atom stereocenters. The van der Waals surface area contributed by atoms with Gasteiger partial charge in [-0.15, -0.1) is 0 Å². The van der Waals surface area contributed by atoms with Crippen LogP contribution in [0, 0.1) is 5.82 Å². The maximum atomic E-state index is 13.1. The van der Waals surface area contributed by atoms with E-state index < -0.39 is 0 Å². The number of amides is 1. The van der Waals surface area contributed by atoms with Crippen molar-refractivity contribution in [2.45, 2.75) is 58.2 Å². The van der Waals surface area contributed by atoms with Crippen LogP contribution in [-0.2, 0) is 37.1 Å². The molecule has 6 nitrogen and oxygen atoms in total. The molecule has 0 bridgehead atoms. The molecule has 2 heterocycles. The number of benzene rings is 2. The Kier molecular flexibility index (Phi) is 7.27. The van der Waals surface area contributed by atoms with Gasteiger partial charge in [-0.25, -0.2) is 4.39 Å². The van der Waals surface area contributed by atoms with Crippen molar-refractivity contribution in [3.8, 4) is 0 Å². The second-order valence-corrected chi connectivity index (χ2v) is 8.27. The summed E-state index contributed by atoms with van der Waals surface area (Å²) in [6.07, 6.45) is 4.19. The zero-order valence-corrected chi connectivity index (χ0v) is 18.4. The molecule has 0 saturated heterocycles. The summed E-state index contributed by atoms with van der Waals surface area (Å²) in [5.74, 6) is 0.986. The summed E-state index contributed by atoms with van der Waals surface area (Å²) in [5, 5.41) is 7.14. The number of nitrogens with zero attached hydrogens (tertiary/aromatic N) is 3. The van der Waals surface area contributed by atoms with Crippen LogP contribution in [0.25, 0.3) is 0 Å².